The summed E-state index contributed by atoms with van der Waals surface area (Å²) in [6, 6.07) is 13.1. The molecule has 11 heteroatoms. The van der Waals surface area contributed by atoms with E-state index in [1.54, 1.807) is 24.3 Å². The molecule has 0 saturated carbocycles. The van der Waals surface area contributed by atoms with Crippen molar-refractivity contribution in [3.63, 3.8) is 0 Å². The lowest BCUT2D eigenvalue weighted by atomic mass is 10.0. The lowest BCUT2D eigenvalue weighted by Crippen LogP contribution is -2.35. The molecule has 0 spiro atoms. The van der Waals surface area contributed by atoms with Crippen molar-refractivity contribution in [1.29, 1.82) is 0 Å². The van der Waals surface area contributed by atoms with Gasteiger partial charge in [-0.05, 0) is 47.7 Å². The number of benzene rings is 2. The number of carbonyl (C=O) groups excluding carboxylic acids is 4. The number of anilines is 1. The predicted octanol–water partition coefficient (Wildman–Crippen LogP) is 2.13. The van der Waals surface area contributed by atoms with Crippen LogP contribution in [0.4, 0.5) is 5.69 Å². The smallest absolute Gasteiger partial charge is 0.270 e. The van der Waals surface area contributed by atoms with E-state index in [9.17, 15) is 24.3 Å². The number of hydrogen-bond donors (Lipinski definition) is 4. The number of ketones is 1. The summed E-state index contributed by atoms with van der Waals surface area (Å²) in [4.78, 5) is 54.3. The Balaban J connectivity index is 1.21. The number of aryl methyl sites for hydroxylation is 1. The summed E-state index contributed by atoms with van der Waals surface area (Å²) >= 11 is 0. The minimum atomic E-state index is -0.875. The number of amides is 3. The summed E-state index contributed by atoms with van der Waals surface area (Å²) in [5.41, 5.74) is 5.09. The standard InChI is InChI=1S/C29H26N6O5/c1-15(36)18-4-6-20-19(11-18)12-24(37)27(20)34-29(40)23-13-22(32-25-8-9-31-35(23)25)28(39)30-14-16-2-3-17-5-7-26(38)33-21(17)10-16/h2-4,6,8-11,13,24,27,37H,5,7,12,14H2,1H3,(H,30,39)(H,33,38)(H,34,40)/t24-,27-/m1/s1. The SMILES string of the molecule is CC(=O)c1ccc2c(c1)C[C@@H](O)[C@@H]2NC(=O)c1cc(C(=O)NCc2ccc3c(c2)NC(=O)CC3)nc2ccnn12. The average molecular weight is 539 g/mol. The molecular formula is C29H26N6O5. The van der Waals surface area contributed by atoms with Crippen molar-refractivity contribution >= 4 is 34.8 Å². The van der Waals surface area contributed by atoms with Crippen LogP contribution in [0.3, 0.4) is 0 Å². The molecule has 0 unspecified atom stereocenters. The molecule has 2 aliphatic rings. The third kappa shape index (κ3) is 4.71. The molecule has 3 heterocycles. The zero-order valence-corrected chi connectivity index (χ0v) is 21.6. The molecule has 3 amide bonds. The van der Waals surface area contributed by atoms with E-state index >= 15 is 0 Å². The molecule has 6 rings (SSSR count). The van der Waals surface area contributed by atoms with Gasteiger partial charge in [0.1, 0.15) is 11.4 Å². The zero-order valence-electron chi connectivity index (χ0n) is 21.6. The quantitative estimate of drug-likeness (QED) is 0.274. The summed E-state index contributed by atoms with van der Waals surface area (Å²) in [7, 11) is 0. The first-order valence-corrected chi connectivity index (χ1v) is 12.9. The van der Waals surface area contributed by atoms with Crippen molar-refractivity contribution < 1.29 is 24.3 Å². The second-order valence-corrected chi connectivity index (χ2v) is 10.0. The van der Waals surface area contributed by atoms with Crippen LogP contribution in [0.1, 0.15) is 73.0 Å². The Kier molecular flexibility index (Phi) is 6.35. The second kappa shape index (κ2) is 10.0. The number of Topliss-reactive ketones (excluding diaryl/α,β-unsaturated/α-hetero) is 1. The maximum Gasteiger partial charge on any atom is 0.270 e. The molecule has 40 heavy (non-hydrogen) atoms. The number of carbonyl (C=O) groups is 4. The van der Waals surface area contributed by atoms with Gasteiger partial charge < -0.3 is 21.1 Å². The van der Waals surface area contributed by atoms with Gasteiger partial charge in [0.15, 0.2) is 11.4 Å². The number of nitrogens with one attached hydrogen (secondary N) is 3. The Morgan fingerprint density at radius 1 is 1.05 bits per heavy atom. The van der Waals surface area contributed by atoms with Crippen LogP contribution in [-0.4, -0.2) is 49.3 Å². The molecule has 1 aliphatic carbocycles. The van der Waals surface area contributed by atoms with Crippen LogP contribution in [0.5, 0.6) is 0 Å². The van der Waals surface area contributed by atoms with E-state index in [1.807, 2.05) is 18.2 Å². The fourth-order valence-corrected chi connectivity index (χ4v) is 5.24. The Labute approximate surface area is 228 Å². The summed E-state index contributed by atoms with van der Waals surface area (Å²) in [5, 5.41) is 23.4. The lowest BCUT2D eigenvalue weighted by Gasteiger charge is -2.19. The fraction of sp³-hybridized carbons (Fsp3) is 0.241. The van der Waals surface area contributed by atoms with Gasteiger partial charge in [-0.1, -0.05) is 24.3 Å². The summed E-state index contributed by atoms with van der Waals surface area (Å²) in [6.07, 6.45) is 2.03. The normalized spacial score (nSPS) is 17.6. The minimum absolute atomic E-state index is 0.0304. The first kappa shape index (κ1) is 25.4. The Hall–Kier alpha value is -4.90. The Bertz CT molecular complexity index is 1710. The highest BCUT2D eigenvalue weighted by atomic mass is 16.3. The van der Waals surface area contributed by atoms with E-state index in [-0.39, 0.29) is 29.6 Å². The van der Waals surface area contributed by atoms with E-state index < -0.39 is 24.0 Å². The van der Waals surface area contributed by atoms with Crippen molar-refractivity contribution in [3.05, 3.63) is 93.9 Å². The van der Waals surface area contributed by atoms with Crippen molar-refractivity contribution in [3.8, 4) is 0 Å². The highest BCUT2D eigenvalue weighted by Gasteiger charge is 2.33. The first-order chi connectivity index (χ1) is 19.3. The van der Waals surface area contributed by atoms with Crippen molar-refractivity contribution in [2.45, 2.75) is 44.9 Å². The molecule has 2 atom stereocenters. The molecule has 202 valence electrons. The third-order valence-electron chi connectivity index (χ3n) is 7.33. The topological polar surface area (TPSA) is 155 Å². The lowest BCUT2D eigenvalue weighted by molar-refractivity contribution is -0.116. The number of nitrogens with zero attached hydrogens (tertiary/aromatic N) is 3. The van der Waals surface area contributed by atoms with Gasteiger partial charge in [-0.15, -0.1) is 0 Å². The van der Waals surface area contributed by atoms with Crippen molar-refractivity contribution in [2.75, 3.05) is 5.32 Å². The van der Waals surface area contributed by atoms with Crippen LogP contribution in [0.15, 0.2) is 54.7 Å². The fourth-order valence-electron chi connectivity index (χ4n) is 5.24. The number of aliphatic hydroxyl groups excluding tert-OH is 1. The predicted molar refractivity (Wildman–Crippen MR) is 144 cm³/mol. The van der Waals surface area contributed by atoms with Gasteiger partial charge in [0, 0.05) is 42.8 Å². The molecule has 0 radical (unpaired) electrons. The molecular weight excluding hydrogens is 512 g/mol. The van der Waals surface area contributed by atoms with Gasteiger partial charge in [-0.25, -0.2) is 9.50 Å². The zero-order chi connectivity index (χ0) is 28.0. The number of hydrogen-bond acceptors (Lipinski definition) is 7. The largest absolute Gasteiger partial charge is 0.390 e. The maximum atomic E-state index is 13.4. The molecule has 1 aliphatic heterocycles. The van der Waals surface area contributed by atoms with E-state index in [0.29, 0.717) is 30.5 Å². The Morgan fingerprint density at radius 3 is 2.73 bits per heavy atom. The van der Waals surface area contributed by atoms with Gasteiger partial charge in [-0.2, -0.15) is 5.10 Å². The van der Waals surface area contributed by atoms with Gasteiger partial charge >= 0.3 is 0 Å². The number of aliphatic hydroxyl groups is 1. The molecule has 4 N–H and O–H groups in total. The van der Waals surface area contributed by atoms with Crippen LogP contribution < -0.4 is 16.0 Å². The molecule has 2 aromatic carbocycles. The number of aromatic nitrogens is 3. The number of rotatable bonds is 6. The van der Waals surface area contributed by atoms with Gasteiger partial charge in [-0.3, -0.25) is 19.2 Å². The molecule has 0 saturated heterocycles. The van der Waals surface area contributed by atoms with E-state index in [0.717, 1.165) is 27.9 Å². The average Bonchev–Trinajstić information content (AvgIpc) is 3.54. The van der Waals surface area contributed by atoms with Crippen LogP contribution in [0.25, 0.3) is 5.65 Å². The van der Waals surface area contributed by atoms with Crippen molar-refractivity contribution in [1.82, 2.24) is 25.2 Å². The molecule has 4 aromatic rings. The molecule has 11 nitrogen and oxygen atoms in total. The second-order valence-electron chi connectivity index (χ2n) is 10.0. The highest BCUT2D eigenvalue weighted by molar-refractivity contribution is 5.99. The van der Waals surface area contributed by atoms with Crippen LogP contribution in [0.2, 0.25) is 0 Å². The van der Waals surface area contributed by atoms with Crippen LogP contribution >= 0.6 is 0 Å². The molecule has 2 aromatic heterocycles. The van der Waals surface area contributed by atoms with Crippen LogP contribution in [-0.2, 0) is 24.2 Å². The summed E-state index contributed by atoms with van der Waals surface area (Å²) in [5.74, 6) is -1.13. The van der Waals surface area contributed by atoms with Crippen molar-refractivity contribution in [2.24, 2.45) is 0 Å². The number of fused-ring (bicyclic) bond motifs is 3. The Morgan fingerprint density at radius 2 is 1.90 bits per heavy atom. The minimum Gasteiger partial charge on any atom is -0.390 e. The van der Waals surface area contributed by atoms with Gasteiger partial charge in [0.2, 0.25) is 5.91 Å². The van der Waals surface area contributed by atoms with E-state index in [2.05, 4.69) is 26.0 Å². The third-order valence-corrected chi connectivity index (χ3v) is 7.33. The van der Waals surface area contributed by atoms with Crippen LogP contribution in [0, 0.1) is 0 Å². The summed E-state index contributed by atoms with van der Waals surface area (Å²) < 4.78 is 1.33. The molecule has 0 bridgehead atoms. The van der Waals surface area contributed by atoms with E-state index in [4.69, 9.17) is 0 Å². The summed E-state index contributed by atoms with van der Waals surface area (Å²) in [6.45, 7) is 1.67. The molecule has 0 fully saturated rings. The van der Waals surface area contributed by atoms with Gasteiger partial charge in [0.05, 0.1) is 18.3 Å². The maximum absolute atomic E-state index is 13.4. The highest BCUT2D eigenvalue weighted by Crippen LogP contribution is 2.32. The first-order valence-electron chi connectivity index (χ1n) is 12.9. The van der Waals surface area contributed by atoms with Gasteiger partial charge in [0.25, 0.3) is 11.8 Å². The van der Waals surface area contributed by atoms with E-state index in [1.165, 1.54) is 23.7 Å². The monoisotopic (exact) mass is 538 g/mol.